The number of rotatable bonds is 5. The molecule has 18 heavy (non-hydrogen) atoms. The molecule has 0 saturated carbocycles. The van der Waals surface area contributed by atoms with Crippen molar-refractivity contribution in [2.24, 2.45) is 5.92 Å². The molecule has 1 aromatic heterocycles. The molecule has 2 nitrogen and oxygen atoms in total. The topological polar surface area (TPSA) is 24.9 Å². The van der Waals surface area contributed by atoms with E-state index in [-0.39, 0.29) is 0 Å². The Kier molecular flexibility index (Phi) is 4.48. The Morgan fingerprint density at radius 3 is 2.33 bits per heavy atom. The van der Waals surface area contributed by atoms with Crippen LogP contribution in [0.25, 0.3) is 0 Å². The van der Waals surface area contributed by atoms with E-state index in [1.807, 2.05) is 18.3 Å². The molecule has 1 N–H and O–H groups in total. The van der Waals surface area contributed by atoms with Crippen LogP contribution in [0.15, 0.2) is 54.7 Å². The van der Waals surface area contributed by atoms with E-state index in [2.05, 4.69) is 60.5 Å². The first-order chi connectivity index (χ1) is 8.77. The molecule has 0 bridgehead atoms. The number of hydrogen-bond donors (Lipinski definition) is 1. The Morgan fingerprint density at radius 1 is 1.00 bits per heavy atom. The summed E-state index contributed by atoms with van der Waals surface area (Å²) in [7, 11) is 0. The van der Waals surface area contributed by atoms with Gasteiger partial charge >= 0.3 is 0 Å². The average Bonchev–Trinajstić information content (AvgIpc) is 2.41. The zero-order valence-corrected chi connectivity index (χ0v) is 11.0. The molecule has 1 atom stereocenters. The highest BCUT2D eigenvalue weighted by molar-refractivity contribution is 5.19. The van der Waals surface area contributed by atoms with Crippen LogP contribution in [0.2, 0.25) is 0 Å². The quantitative estimate of drug-likeness (QED) is 0.864. The van der Waals surface area contributed by atoms with Crippen LogP contribution in [-0.4, -0.2) is 4.98 Å². The summed E-state index contributed by atoms with van der Waals surface area (Å²) in [5, 5.41) is 3.59. The van der Waals surface area contributed by atoms with E-state index in [1.54, 1.807) is 0 Å². The van der Waals surface area contributed by atoms with Gasteiger partial charge in [-0.1, -0.05) is 50.2 Å². The number of benzene rings is 1. The lowest BCUT2D eigenvalue weighted by Gasteiger charge is -2.22. The van der Waals surface area contributed by atoms with Crippen molar-refractivity contribution in [2.75, 3.05) is 0 Å². The molecule has 94 valence electrons. The van der Waals surface area contributed by atoms with Crippen LogP contribution < -0.4 is 5.32 Å². The van der Waals surface area contributed by atoms with E-state index in [4.69, 9.17) is 0 Å². The summed E-state index contributed by atoms with van der Waals surface area (Å²) in [5.74, 6) is 0.552. The Balaban J connectivity index is 2.04. The van der Waals surface area contributed by atoms with Crippen LogP contribution in [0.3, 0.4) is 0 Å². The summed E-state index contributed by atoms with van der Waals surface area (Å²) in [5.41, 5.74) is 2.42. The van der Waals surface area contributed by atoms with Crippen LogP contribution in [0.1, 0.15) is 31.1 Å². The molecule has 0 aliphatic rings. The molecule has 2 heteroatoms. The van der Waals surface area contributed by atoms with Gasteiger partial charge in [0.1, 0.15) is 0 Å². The number of pyridine rings is 1. The van der Waals surface area contributed by atoms with Gasteiger partial charge in [-0.3, -0.25) is 4.98 Å². The van der Waals surface area contributed by atoms with Gasteiger partial charge in [-0.05, 0) is 23.6 Å². The fourth-order valence-electron chi connectivity index (χ4n) is 2.12. The van der Waals surface area contributed by atoms with Gasteiger partial charge < -0.3 is 5.32 Å². The second-order valence-corrected chi connectivity index (χ2v) is 4.83. The molecule has 2 rings (SSSR count). The van der Waals surface area contributed by atoms with Gasteiger partial charge in [0.15, 0.2) is 0 Å². The van der Waals surface area contributed by atoms with Crippen molar-refractivity contribution in [2.45, 2.75) is 26.4 Å². The summed E-state index contributed by atoms with van der Waals surface area (Å²) in [4.78, 5) is 4.34. The Labute approximate surface area is 109 Å². The van der Waals surface area contributed by atoms with Crippen LogP contribution in [0, 0.1) is 5.92 Å². The van der Waals surface area contributed by atoms with Crippen LogP contribution in [-0.2, 0) is 6.54 Å². The van der Waals surface area contributed by atoms with Gasteiger partial charge in [0, 0.05) is 18.8 Å². The van der Waals surface area contributed by atoms with Crippen molar-refractivity contribution in [1.29, 1.82) is 0 Å². The molecule has 0 amide bonds. The second kappa shape index (κ2) is 6.31. The monoisotopic (exact) mass is 240 g/mol. The van der Waals surface area contributed by atoms with Gasteiger partial charge in [-0.15, -0.1) is 0 Å². The van der Waals surface area contributed by atoms with E-state index in [0.717, 1.165) is 12.2 Å². The normalized spacial score (nSPS) is 12.6. The average molecular weight is 240 g/mol. The zero-order valence-electron chi connectivity index (χ0n) is 11.0. The van der Waals surface area contributed by atoms with E-state index in [1.165, 1.54) is 5.56 Å². The lowest BCUT2D eigenvalue weighted by Crippen LogP contribution is -2.25. The molecule has 0 fully saturated rings. The zero-order chi connectivity index (χ0) is 12.8. The van der Waals surface area contributed by atoms with Crippen LogP contribution in [0.5, 0.6) is 0 Å². The van der Waals surface area contributed by atoms with E-state index < -0.39 is 0 Å². The SMILES string of the molecule is CC(C)[C@H](NCc1ccccn1)c1ccccc1. The van der Waals surface area contributed by atoms with Crippen molar-refractivity contribution in [1.82, 2.24) is 10.3 Å². The third-order valence-electron chi connectivity index (χ3n) is 3.05. The van der Waals surface area contributed by atoms with E-state index in [9.17, 15) is 0 Å². The highest BCUT2D eigenvalue weighted by Crippen LogP contribution is 2.21. The third kappa shape index (κ3) is 3.41. The highest BCUT2D eigenvalue weighted by Gasteiger charge is 2.14. The summed E-state index contributed by atoms with van der Waals surface area (Å²) in [6.07, 6.45) is 1.84. The number of nitrogens with one attached hydrogen (secondary N) is 1. The maximum atomic E-state index is 4.34. The first-order valence-electron chi connectivity index (χ1n) is 6.45. The van der Waals surface area contributed by atoms with Gasteiger partial charge in [0.25, 0.3) is 0 Å². The molecule has 1 heterocycles. The summed E-state index contributed by atoms with van der Waals surface area (Å²) in [6, 6.07) is 17.0. The van der Waals surface area contributed by atoms with Crippen LogP contribution in [0.4, 0.5) is 0 Å². The Morgan fingerprint density at radius 2 is 1.72 bits per heavy atom. The molecule has 0 unspecified atom stereocenters. The molecule has 2 aromatic rings. The van der Waals surface area contributed by atoms with Crippen LogP contribution >= 0.6 is 0 Å². The predicted molar refractivity (Wildman–Crippen MR) is 75.1 cm³/mol. The second-order valence-electron chi connectivity index (χ2n) is 4.83. The van der Waals surface area contributed by atoms with Gasteiger partial charge in [0.05, 0.1) is 5.69 Å². The summed E-state index contributed by atoms with van der Waals surface area (Å²) in [6.45, 7) is 5.28. The molecule has 0 spiro atoms. The molecule has 1 aromatic carbocycles. The number of hydrogen-bond acceptors (Lipinski definition) is 2. The van der Waals surface area contributed by atoms with Crippen molar-refractivity contribution in [3.05, 3.63) is 66.0 Å². The Hall–Kier alpha value is -1.67. The van der Waals surface area contributed by atoms with Gasteiger partial charge in [-0.25, -0.2) is 0 Å². The first kappa shape index (κ1) is 12.8. The lowest BCUT2D eigenvalue weighted by molar-refractivity contribution is 0.408. The molecule has 0 aliphatic heterocycles. The minimum atomic E-state index is 0.369. The first-order valence-corrected chi connectivity index (χ1v) is 6.45. The fraction of sp³-hybridized carbons (Fsp3) is 0.312. The molecular formula is C16H20N2. The smallest absolute Gasteiger partial charge is 0.0541 e. The molecule has 0 aliphatic carbocycles. The standard InChI is InChI=1S/C16H20N2/c1-13(2)16(14-8-4-3-5-9-14)18-12-15-10-6-7-11-17-15/h3-11,13,16,18H,12H2,1-2H3/t16-/m0/s1. The van der Waals surface area contributed by atoms with E-state index in [0.29, 0.717) is 12.0 Å². The fourth-order valence-corrected chi connectivity index (χ4v) is 2.12. The van der Waals surface area contributed by atoms with Crippen molar-refractivity contribution in [3.63, 3.8) is 0 Å². The molecule has 0 radical (unpaired) electrons. The molecular weight excluding hydrogens is 220 g/mol. The third-order valence-corrected chi connectivity index (χ3v) is 3.05. The minimum Gasteiger partial charge on any atom is -0.304 e. The van der Waals surface area contributed by atoms with Crippen molar-refractivity contribution >= 4 is 0 Å². The Bertz CT molecular complexity index is 451. The maximum absolute atomic E-state index is 4.34. The van der Waals surface area contributed by atoms with Gasteiger partial charge in [-0.2, -0.15) is 0 Å². The predicted octanol–water partition coefficient (Wildman–Crippen LogP) is 3.57. The maximum Gasteiger partial charge on any atom is 0.0541 e. The lowest BCUT2D eigenvalue weighted by atomic mass is 9.96. The number of aromatic nitrogens is 1. The number of nitrogens with zero attached hydrogens (tertiary/aromatic N) is 1. The van der Waals surface area contributed by atoms with Crippen molar-refractivity contribution in [3.8, 4) is 0 Å². The highest BCUT2D eigenvalue weighted by atomic mass is 14.9. The van der Waals surface area contributed by atoms with E-state index >= 15 is 0 Å². The molecule has 0 saturated heterocycles. The van der Waals surface area contributed by atoms with Gasteiger partial charge in [0.2, 0.25) is 0 Å². The largest absolute Gasteiger partial charge is 0.304 e. The van der Waals surface area contributed by atoms with Crippen molar-refractivity contribution < 1.29 is 0 Å². The summed E-state index contributed by atoms with van der Waals surface area (Å²) < 4.78 is 0. The minimum absolute atomic E-state index is 0.369. The summed E-state index contributed by atoms with van der Waals surface area (Å²) >= 11 is 0.